The molecule has 0 aromatic heterocycles. The zero-order chi connectivity index (χ0) is 15.4. The molecular formula is C14H15F2NO3. The lowest BCUT2D eigenvalue weighted by Crippen LogP contribution is -2.28. The van der Waals surface area contributed by atoms with Crippen LogP contribution in [-0.2, 0) is 16.1 Å². The minimum absolute atomic E-state index is 0.0489. The number of likely N-dealkylation sites (N-methyl/N-ethyl adjacent to an activating group) is 1. The van der Waals surface area contributed by atoms with Gasteiger partial charge in [0.2, 0.25) is 5.91 Å². The summed E-state index contributed by atoms with van der Waals surface area (Å²) in [7, 11) is 1.46. The summed E-state index contributed by atoms with van der Waals surface area (Å²) in [6, 6.07) is 3.35. The van der Waals surface area contributed by atoms with E-state index in [1.165, 1.54) is 31.9 Å². The summed E-state index contributed by atoms with van der Waals surface area (Å²) < 4.78 is 25.8. The highest BCUT2D eigenvalue weighted by atomic mass is 19.2. The SMILES string of the molecule is CC(C(=O)O)=C(C)C(=O)N(C)Cc1ccc(F)c(F)c1. The smallest absolute Gasteiger partial charge is 0.331 e. The van der Waals surface area contributed by atoms with E-state index in [2.05, 4.69) is 0 Å². The van der Waals surface area contributed by atoms with E-state index in [4.69, 9.17) is 5.11 Å². The highest BCUT2D eigenvalue weighted by Gasteiger charge is 2.17. The molecule has 1 amide bonds. The summed E-state index contributed by atoms with van der Waals surface area (Å²) in [6.45, 7) is 2.80. The number of halogens is 2. The molecule has 108 valence electrons. The summed E-state index contributed by atoms with van der Waals surface area (Å²) >= 11 is 0. The molecule has 0 aliphatic rings. The molecule has 0 spiro atoms. The van der Waals surface area contributed by atoms with Gasteiger partial charge in [-0.05, 0) is 31.5 Å². The largest absolute Gasteiger partial charge is 0.478 e. The third-order valence-electron chi connectivity index (χ3n) is 2.95. The van der Waals surface area contributed by atoms with E-state index in [1.54, 1.807) is 0 Å². The first-order valence-electron chi connectivity index (χ1n) is 5.84. The predicted octanol–water partition coefficient (Wildman–Crippen LogP) is 2.34. The number of nitrogens with zero attached hydrogens (tertiary/aromatic N) is 1. The van der Waals surface area contributed by atoms with Crippen LogP contribution in [0.15, 0.2) is 29.3 Å². The van der Waals surface area contributed by atoms with Gasteiger partial charge in [0, 0.05) is 24.7 Å². The lowest BCUT2D eigenvalue weighted by atomic mass is 10.1. The number of carboxylic acids is 1. The molecule has 20 heavy (non-hydrogen) atoms. The Kier molecular flexibility index (Phi) is 4.96. The molecule has 0 heterocycles. The zero-order valence-electron chi connectivity index (χ0n) is 11.4. The van der Waals surface area contributed by atoms with Crippen molar-refractivity contribution in [3.05, 3.63) is 46.5 Å². The van der Waals surface area contributed by atoms with Gasteiger partial charge in [-0.3, -0.25) is 4.79 Å². The topological polar surface area (TPSA) is 57.6 Å². The van der Waals surface area contributed by atoms with Crippen LogP contribution in [0.4, 0.5) is 8.78 Å². The quantitative estimate of drug-likeness (QED) is 0.863. The number of carboxylic acid groups (broad SMARTS) is 1. The third-order valence-corrected chi connectivity index (χ3v) is 2.95. The standard InChI is InChI=1S/C14H15F2NO3/c1-8(9(2)14(19)20)13(18)17(3)7-10-4-5-11(15)12(16)6-10/h4-6H,7H2,1-3H3,(H,19,20). The molecule has 0 unspecified atom stereocenters. The number of hydrogen-bond acceptors (Lipinski definition) is 2. The van der Waals surface area contributed by atoms with Crippen LogP contribution in [-0.4, -0.2) is 28.9 Å². The van der Waals surface area contributed by atoms with Crippen molar-refractivity contribution in [1.29, 1.82) is 0 Å². The number of rotatable bonds is 4. The van der Waals surface area contributed by atoms with Gasteiger partial charge in [0.05, 0.1) is 0 Å². The van der Waals surface area contributed by atoms with Crippen LogP contribution in [0.25, 0.3) is 0 Å². The van der Waals surface area contributed by atoms with Crippen molar-refractivity contribution < 1.29 is 23.5 Å². The Hall–Kier alpha value is -2.24. The maximum atomic E-state index is 13.1. The number of benzene rings is 1. The normalized spacial score (nSPS) is 11.8. The number of carbonyl (C=O) groups is 2. The van der Waals surface area contributed by atoms with Crippen molar-refractivity contribution in [2.24, 2.45) is 0 Å². The fraction of sp³-hybridized carbons (Fsp3) is 0.286. The molecule has 1 aromatic carbocycles. The monoisotopic (exact) mass is 283 g/mol. The molecule has 6 heteroatoms. The van der Waals surface area contributed by atoms with Crippen LogP contribution in [0.1, 0.15) is 19.4 Å². The molecule has 4 nitrogen and oxygen atoms in total. The fourth-order valence-electron chi connectivity index (χ4n) is 1.59. The van der Waals surface area contributed by atoms with Crippen LogP contribution >= 0.6 is 0 Å². The molecular weight excluding hydrogens is 268 g/mol. The Balaban J connectivity index is 2.88. The molecule has 0 radical (unpaired) electrons. The van der Waals surface area contributed by atoms with Crippen molar-refractivity contribution in [2.45, 2.75) is 20.4 Å². The molecule has 0 aliphatic heterocycles. The van der Waals surface area contributed by atoms with E-state index >= 15 is 0 Å². The first kappa shape index (κ1) is 15.8. The number of hydrogen-bond donors (Lipinski definition) is 1. The summed E-state index contributed by atoms with van der Waals surface area (Å²) in [6.07, 6.45) is 0. The minimum atomic E-state index is -1.17. The molecule has 1 aromatic rings. The number of carbonyl (C=O) groups excluding carboxylic acids is 1. The molecule has 1 rings (SSSR count). The summed E-state index contributed by atoms with van der Waals surface area (Å²) in [4.78, 5) is 24.0. The van der Waals surface area contributed by atoms with Crippen LogP contribution in [0.2, 0.25) is 0 Å². The summed E-state index contributed by atoms with van der Waals surface area (Å²) in [5.74, 6) is -3.59. The summed E-state index contributed by atoms with van der Waals surface area (Å²) in [5.41, 5.74) is 0.468. The van der Waals surface area contributed by atoms with Gasteiger partial charge in [-0.2, -0.15) is 0 Å². The Morgan fingerprint density at radius 2 is 1.75 bits per heavy atom. The second-order valence-electron chi connectivity index (χ2n) is 4.46. The van der Waals surface area contributed by atoms with Gasteiger partial charge in [0.15, 0.2) is 11.6 Å². The van der Waals surface area contributed by atoms with E-state index in [0.717, 1.165) is 12.1 Å². The Morgan fingerprint density at radius 3 is 2.25 bits per heavy atom. The first-order valence-corrected chi connectivity index (χ1v) is 5.84. The van der Waals surface area contributed by atoms with Crippen molar-refractivity contribution in [2.75, 3.05) is 7.05 Å². The average molecular weight is 283 g/mol. The molecule has 0 aliphatic carbocycles. The number of aliphatic carboxylic acids is 1. The van der Waals surface area contributed by atoms with Gasteiger partial charge < -0.3 is 10.0 Å². The Labute approximate surface area is 115 Å². The highest BCUT2D eigenvalue weighted by Crippen LogP contribution is 2.13. The van der Waals surface area contributed by atoms with Crippen LogP contribution in [0, 0.1) is 11.6 Å². The Bertz CT molecular complexity index is 582. The lowest BCUT2D eigenvalue weighted by Gasteiger charge is -2.18. The van der Waals surface area contributed by atoms with Crippen LogP contribution < -0.4 is 0 Å². The van der Waals surface area contributed by atoms with Gasteiger partial charge in [-0.15, -0.1) is 0 Å². The maximum absolute atomic E-state index is 13.1. The van der Waals surface area contributed by atoms with E-state index < -0.39 is 23.5 Å². The molecule has 1 N–H and O–H groups in total. The van der Waals surface area contributed by atoms with Crippen molar-refractivity contribution >= 4 is 11.9 Å². The Morgan fingerprint density at radius 1 is 1.15 bits per heavy atom. The molecule has 0 saturated heterocycles. The highest BCUT2D eigenvalue weighted by molar-refractivity contribution is 6.01. The van der Waals surface area contributed by atoms with Gasteiger partial charge in [-0.25, -0.2) is 13.6 Å². The van der Waals surface area contributed by atoms with E-state index in [1.807, 2.05) is 0 Å². The van der Waals surface area contributed by atoms with E-state index in [-0.39, 0.29) is 17.7 Å². The van der Waals surface area contributed by atoms with Gasteiger partial charge in [-0.1, -0.05) is 6.07 Å². The van der Waals surface area contributed by atoms with Crippen molar-refractivity contribution in [1.82, 2.24) is 4.90 Å². The second kappa shape index (κ2) is 6.27. The minimum Gasteiger partial charge on any atom is -0.478 e. The van der Waals surface area contributed by atoms with Crippen molar-refractivity contribution in [3.63, 3.8) is 0 Å². The average Bonchev–Trinajstić information content (AvgIpc) is 2.40. The number of amides is 1. The van der Waals surface area contributed by atoms with Crippen molar-refractivity contribution in [3.8, 4) is 0 Å². The lowest BCUT2D eigenvalue weighted by molar-refractivity contribution is -0.133. The molecule has 0 atom stereocenters. The molecule has 0 fully saturated rings. The van der Waals surface area contributed by atoms with E-state index in [0.29, 0.717) is 5.56 Å². The fourth-order valence-corrected chi connectivity index (χ4v) is 1.59. The third kappa shape index (κ3) is 3.63. The van der Waals surface area contributed by atoms with E-state index in [9.17, 15) is 18.4 Å². The molecule has 0 saturated carbocycles. The molecule has 0 bridgehead atoms. The van der Waals surface area contributed by atoms with Crippen LogP contribution in [0.3, 0.4) is 0 Å². The van der Waals surface area contributed by atoms with Gasteiger partial charge in [0.25, 0.3) is 0 Å². The van der Waals surface area contributed by atoms with Gasteiger partial charge >= 0.3 is 5.97 Å². The van der Waals surface area contributed by atoms with Crippen LogP contribution in [0.5, 0.6) is 0 Å². The van der Waals surface area contributed by atoms with Gasteiger partial charge in [0.1, 0.15) is 0 Å². The maximum Gasteiger partial charge on any atom is 0.331 e. The predicted molar refractivity (Wildman–Crippen MR) is 68.8 cm³/mol. The zero-order valence-corrected chi connectivity index (χ0v) is 11.4. The second-order valence-corrected chi connectivity index (χ2v) is 4.46. The first-order chi connectivity index (χ1) is 9.23. The summed E-state index contributed by atoms with van der Waals surface area (Å²) in [5, 5.41) is 8.82.